The lowest BCUT2D eigenvalue weighted by molar-refractivity contribution is 0.582. The van der Waals surface area contributed by atoms with Gasteiger partial charge in [-0.2, -0.15) is 0 Å². The van der Waals surface area contributed by atoms with Crippen molar-refractivity contribution in [1.29, 1.82) is 0 Å². The first-order valence-corrected chi connectivity index (χ1v) is 7.54. The van der Waals surface area contributed by atoms with Crippen molar-refractivity contribution in [2.75, 3.05) is 0 Å². The third kappa shape index (κ3) is 2.91. The minimum absolute atomic E-state index is 0.562. The summed E-state index contributed by atoms with van der Waals surface area (Å²) in [6, 6.07) is 17.2. The molecule has 3 nitrogen and oxygen atoms in total. The summed E-state index contributed by atoms with van der Waals surface area (Å²) < 4.78 is 11.1. The summed E-state index contributed by atoms with van der Waals surface area (Å²) in [6.45, 7) is 0. The molecule has 0 spiro atoms. The molecule has 0 aliphatic heterocycles. The zero-order chi connectivity index (χ0) is 15.6. The van der Waals surface area contributed by atoms with Gasteiger partial charge in [-0.15, -0.1) is 0 Å². The summed E-state index contributed by atoms with van der Waals surface area (Å²) in [6.07, 6.45) is 5.44. The van der Waals surface area contributed by atoms with Crippen LogP contribution in [-0.2, 0) is 0 Å². The largest absolute Gasteiger partial charge is 0.464 e. The van der Waals surface area contributed by atoms with E-state index in [1.54, 1.807) is 6.26 Å². The molecule has 0 bridgehead atoms. The highest BCUT2D eigenvalue weighted by atomic mass is 35.5. The maximum absolute atomic E-state index is 5.88. The molecule has 0 fully saturated rings. The van der Waals surface area contributed by atoms with E-state index in [4.69, 9.17) is 20.4 Å². The lowest BCUT2D eigenvalue weighted by atomic mass is 10.1. The van der Waals surface area contributed by atoms with Crippen LogP contribution in [0.1, 0.15) is 11.5 Å². The van der Waals surface area contributed by atoms with E-state index in [2.05, 4.69) is 4.98 Å². The highest BCUT2D eigenvalue weighted by Crippen LogP contribution is 2.25. The van der Waals surface area contributed by atoms with Gasteiger partial charge in [0.25, 0.3) is 0 Å². The third-order valence-electron chi connectivity index (χ3n) is 3.50. The fourth-order valence-electron chi connectivity index (χ4n) is 2.35. The summed E-state index contributed by atoms with van der Waals surface area (Å²) in [7, 11) is 0. The fraction of sp³-hybridized carbons (Fsp3) is 0. The molecule has 4 heteroatoms. The molecule has 4 aromatic rings. The van der Waals surface area contributed by atoms with Crippen molar-refractivity contribution in [2.45, 2.75) is 0 Å². The van der Waals surface area contributed by atoms with Crippen molar-refractivity contribution in [2.24, 2.45) is 0 Å². The van der Waals surface area contributed by atoms with Gasteiger partial charge in [0, 0.05) is 16.7 Å². The molecule has 0 saturated carbocycles. The third-order valence-corrected chi connectivity index (χ3v) is 3.75. The van der Waals surface area contributed by atoms with Crippen molar-refractivity contribution < 1.29 is 8.83 Å². The first kappa shape index (κ1) is 13.9. The van der Waals surface area contributed by atoms with Gasteiger partial charge in [0.1, 0.15) is 11.3 Å². The zero-order valence-corrected chi connectivity index (χ0v) is 12.8. The molecular weight excluding hydrogens is 310 g/mol. The second-order valence-electron chi connectivity index (χ2n) is 5.10. The van der Waals surface area contributed by atoms with Crippen molar-refractivity contribution in [3.8, 4) is 11.3 Å². The first-order valence-electron chi connectivity index (χ1n) is 7.16. The number of fused-ring (bicyclic) bond motifs is 1. The van der Waals surface area contributed by atoms with E-state index in [0.29, 0.717) is 5.89 Å². The number of hydrogen-bond donors (Lipinski definition) is 0. The van der Waals surface area contributed by atoms with Gasteiger partial charge in [-0.25, -0.2) is 4.98 Å². The fourth-order valence-corrected chi connectivity index (χ4v) is 2.48. The van der Waals surface area contributed by atoms with Gasteiger partial charge >= 0.3 is 0 Å². The Kier molecular flexibility index (Phi) is 3.48. The van der Waals surface area contributed by atoms with Crippen LogP contribution >= 0.6 is 11.6 Å². The topological polar surface area (TPSA) is 39.2 Å². The molecule has 0 N–H and O–H groups in total. The summed E-state index contributed by atoms with van der Waals surface area (Å²) in [5.74, 6) is 1.37. The molecule has 0 aliphatic rings. The predicted molar refractivity (Wildman–Crippen MR) is 92.1 cm³/mol. The van der Waals surface area contributed by atoms with Crippen LogP contribution < -0.4 is 0 Å². The second kappa shape index (κ2) is 5.78. The molecule has 4 rings (SSSR count). The molecule has 0 aliphatic carbocycles. The Labute approximate surface area is 137 Å². The van der Waals surface area contributed by atoms with Gasteiger partial charge in [-0.3, -0.25) is 0 Å². The smallest absolute Gasteiger partial charge is 0.220 e. The van der Waals surface area contributed by atoms with Crippen LogP contribution in [0, 0.1) is 0 Å². The molecule has 2 aromatic carbocycles. The highest BCUT2D eigenvalue weighted by Gasteiger charge is 2.07. The van der Waals surface area contributed by atoms with Crippen LogP contribution in [0.5, 0.6) is 0 Å². The Morgan fingerprint density at radius 1 is 0.957 bits per heavy atom. The molecule has 0 amide bonds. The van der Waals surface area contributed by atoms with Crippen LogP contribution in [-0.4, -0.2) is 4.98 Å². The number of benzene rings is 2. The average Bonchev–Trinajstić information content (AvgIpc) is 3.23. The van der Waals surface area contributed by atoms with Crippen molar-refractivity contribution in [1.82, 2.24) is 4.98 Å². The van der Waals surface area contributed by atoms with Gasteiger partial charge in [0.05, 0.1) is 6.26 Å². The van der Waals surface area contributed by atoms with Gasteiger partial charge in [-0.05, 0) is 54.1 Å². The van der Waals surface area contributed by atoms with E-state index < -0.39 is 0 Å². The maximum atomic E-state index is 5.88. The molecule has 0 saturated heterocycles. The minimum atomic E-state index is 0.562. The Hall–Kier alpha value is -2.78. The Morgan fingerprint density at radius 3 is 2.61 bits per heavy atom. The van der Waals surface area contributed by atoms with Gasteiger partial charge in [0.2, 0.25) is 5.89 Å². The number of hydrogen-bond acceptors (Lipinski definition) is 3. The number of aromatic nitrogens is 1. The predicted octanol–water partition coefficient (Wildman–Crippen LogP) is 5.91. The van der Waals surface area contributed by atoms with Gasteiger partial charge in [0.15, 0.2) is 5.58 Å². The average molecular weight is 322 g/mol. The number of rotatable bonds is 3. The molecule has 112 valence electrons. The number of furan rings is 1. The van der Waals surface area contributed by atoms with Crippen molar-refractivity contribution in [3.63, 3.8) is 0 Å². The number of halogens is 1. The van der Waals surface area contributed by atoms with Gasteiger partial charge in [-0.1, -0.05) is 23.7 Å². The van der Waals surface area contributed by atoms with Crippen molar-refractivity contribution >= 4 is 34.9 Å². The van der Waals surface area contributed by atoms with E-state index in [1.807, 2.05) is 66.7 Å². The molecule has 0 atom stereocenters. The zero-order valence-electron chi connectivity index (χ0n) is 12.1. The number of oxazole rings is 1. The molecule has 0 radical (unpaired) electrons. The second-order valence-corrected chi connectivity index (χ2v) is 5.53. The van der Waals surface area contributed by atoms with E-state index in [9.17, 15) is 0 Å². The molecule has 23 heavy (non-hydrogen) atoms. The summed E-state index contributed by atoms with van der Waals surface area (Å²) in [5, 5.41) is 0.717. The molecule has 2 heterocycles. The monoisotopic (exact) mass is 321 g/mol. The highest BCUT2D eigenvalue weighted by molar-refractivity contribution is 6.30. The summed E-state index contributed by atoms with van der Waals surface area (Å²) >= 11 is 5.88. The van der Waals surface area contributed by atoms with Crippen LogP contribution in [0.2, 0.25) is 5.02 Å². The van der Waals surface area contributed by atoms with E-state index in [1.165, 1.54) is 0 Å². The lowest BCUT2D eigenvalue weighted by Gasteiger charge is -1.94. The summed E-state index contributed by atoms with van der Waals surface area (Å²) in [5.41, 5.74) is 3.56. The molecular formula is C19H12ClNO2. The van der Waals surface area contributed by atoms with Gasteiger partial charge < -0.3 is 8.83 Å². The van der Waals surface area contributed by atoms with Crippen LogP contribution in [0.25, 0.3) is 34.6 Å². The van der Waals surface area contributed by atoms with E-state index in [0.717, 1.165) is 33.0 Å². The first-order chi connectivity index (χ1) is 11.3. The lowest BCUT2D eigenvalue weighted by Crippen LogP contribution is -1.75. The minimum Gasteiger partial charge on any atom is -0.464 e. The van der Waals surface area contributed by atoms with Crippen LogP contribution in [0.4, 0.5) is 0 Å². The quantitative estimate of drug-likeness (QED) is 0.470. The number of nitrogens with zero attached hydrogens (tertiary/aromatic N) is 1. The van der Waals surface area contributed by atoms with Crippen LogP contribution in [0.15, 0.2) is 69.7 Å². The molecule has 2 aromatic heterocycles. The van der Waals surface area contributed by atoms with E-state index >= 15 is 0 Å². The SMILES string of the molecule is Clc1ccc(C=Cc2nc3cc(-c4ccco4)ccc3o2)cc1. The van der Waals surface area contributed by atoms with Crippen molar-refractivity contribution in [3.05, 3.63) is 77.3 Å². The maximum Gasteiger partial charge on any atom is 0.220 e. The Bertz CT molecular complexity index is 966. The molecule has 0 unspecified atom stereocenters. The standard InChI is InChI=1S/C19H12ClNO2/c20-15-7-3-13(4-8-15)5-10-19-21-16-12-14(6-9-18(16)23-19)17-2-1-11-22-17/h1-12H. The summed E-state index contributed by atoms with van der Waals surface area (Å²) in [4.78, 5) is 4.49. The Balaban J connectivity index is 1.65. The van der Waals surface area contributed by atoms with E-state index in [-0.39, 0.29) is 0 Å². The normalized spacial score (nSPS) is 11.5. The van der Waals surface area contributed by atoms with Crippen LogP contribution in [0.3, 0.4) is 0 Å². The Morgan fingerprint density at radius 2 is 1.83 bits per heavy atom.